The van der Waals surface area contributed by atoms with Gasteiger partial charge < -0.3 is 9.67 Å². The molecule has 0 spiro atoms. The Labute approximate surface area is 217 Å². The summed E-state index contributed by atoms with van der Waals surface area (Å²) in [4.78, 5) is 9.55. The normalized spacial score (nSPS) is 12.9. The molecule has 9 heteroatoms. The Morgan fingerprint density at radius 2 is 1.81 bits per heavy atom. The van der Waals surface area contributed by atoms with Gasteiger partial charge in [0.25, 0.3) is 0 Å². The fourth-order valence-corrected chi connectivity index (χ4v) is 4.99. The molecule has 37 heavy (non-hydrogen) atoms. The Hall–Kier alpha value is -4.08. The van der Waals surface area contributed by atoms with Gasteiger partial charge in [-0.05, 0) is 41.0 Å². The van der Waals surface area contributed by atoms with E-state index in [1.165, 1.54) is 23.4 Å². The van der Waals surface area contributed by atoms with Gasteiger partial charge in [-0.2, -0.15) is 5.10 Å². The Kier molecular flexibility index (Phi) is 6.73. The molecule has 0 amide bonds. The Morgan fingerprint density at radius 1 is 1.05 bits per heavy atom. The molecular weight excluding hydrogens is 492 g/mol. The van der Waals surface area contributed by atoms with Crippen LogP contribution in [0.3, 0.4) is 0 Å². The topological polar surface area (TPSA) is 68.8 Å². The molecule has 2 heterocycles. The van der Waals surface area contributed by atoms with Crippen molar-refractivity contribution in [2.24, 2.45) is 7.05 Å². The fourth-order valence-electron chi connectivity index (χ4n) is 4.15. The van der Waals surface area contributed by atoms with E-state index in [2.05, 4.69) is 21.6 Å². The maximum absolute atomic E-state index is 14.8. The van der Waals surface area contributed by atoms with Crippen LogP contribution in [0, 0.1) is 11.6 Å². The molecule has 6 nitrogen and oxygen atoms in total. The number of hydrogen-bond acceptors (Lipinski definition) is 5. The highest BCUT2D eigenvalue weighted by molar-refractivity contribution is 7.99. The van der Waals surface area contributed by atoms with Gasteiger partial charge in [-0.25, -0.2) is 23.4 Å². The van der Waals surface area contributed by atoms with Gasteiger partial charge in [-0.1, -0.05) is 60.8 Å². The average molecular weight is 516 g/mol. The highest BCUT2D eigenvalue weighted by Gasteiger charge is 2.37. The largest absolute Gasteiger partial charge is 0.378 e. The lowest BCUT2D eigenvalue weighted by Gasteiger charge is -2.31. The first-order valence-electron chi connectivity index (χ1n) is 11.4. The van der Waals surface area contributed by atoms with E-state index in [9.17, 15) is 13.9 Å². The molecule has 186 valence electrons. The SMILES string of the molecule is C=C(c1ccc(-c2cnc(Sc3ccccc3)n2C)cc1)C(O)(Cn1cncn1)c1ccc(F)cc1F. The molecule has 0 aliphatic carbocycles. The third-order valence-electron chi connectivity index (χ3n) is 6.16. The van der Waals surface area contributed by atoms with Crippen LogP contribution in [0.15, 0.2) is 108 Å². The third-order valence-corrected chi connectivity index (χ3v) is 7.23. The molecule has 0 saturated heterocycles. The van der Waals surface area contributed by atoms with Crippen molar-refractivity contribution in [1.29, 1.82) is 0 Å². The van der Waals surface area contributed by atoms with Gasteiger partial charge >= 0.3 is 0 Å². The van der Waals surface area contributed by atoms with Crippen molar-refractivity contribution in [2.75, 3.05) is 0 Å². The van der Waals surface area contributed by atoms with Crippen LogP contribution in [-0.2, 0) is 19.2 Å². The standard InChI is InChI=1S/C28H23F2N5OS/c1-19(28(36,16-35-18-31-17-33-35)24-13-12-22(29)14-25(24)30)20-8-10-21(11-9-20)26-15-32-27(34(26)2)37-23-6-4-3-5-7-23/h3-15,17-18,36H,1,16H2,2H3. The summed E-state index contributed by atoms with van der Waals surface area (Å²) in [7, 11) is 1.95. The molecule has 5 aromatic rings. The van der Waals surface area contributed by atoms with Crippen LogP contribution in [0.25, 0.3) is 16.8 Å². The quantitative estimate of drug-likeness (QED) is 0.287. The summed E-state index contributed by atoms with van der Waals surface area (Å²) in [6, 6.07) is 20.5. The van der Waals surface area contributed by atoms with Gasteiger partial charge in [-0.15, -0.1) is 0 Å². The summed E-state index contributed by atoms with van der Waals surface area (Å²) in [5.74, 6) is -1.61. The van der Waals surface area contributed by atoms with Crippen molar-refractivity contribution in [2.45, 2.75) is 22.2 Å². The first kappa shape index (κ1) is 24.6. The van der Waals surface area contributed by atoms with E-state index >= 15 is 0 Å². The minimum Gasteiger partial charge on any atom is -0.378 e. The average Bonchev–Trinajstić information content (AvgIpc) is 3.54. The molecule has 0 saturated carbocycles. The molecule has 1 N–H and O–H groups in total. The maximum atomic E-state index is 14.8. The van der Waals surface area contributed by atoms with E-state index in [0.717, 1.165) is 33.4 Å². The second-order valence-electron chi connectivity index (χ2n) is 8.53. The number of aliphatic hydroxyl groups is 1. The molecule has 2 aromatic heterocycles. The van der Waals surface area contributed by atoms with E-state index in [0.29, 0.717) is 5.56 Å². The summed E-state index contributed by atoms with van der Waals surface area (Å²) in [5.41, 5.74) is 0.658. The molecule has 0 radical (unpaired) electrons. The number of rotatable bonds is 8. The summed E-state index contributed by atoms with van der Waals surface area (Å²) in [6.45, 7) is 3.94. The lowest BCUT2D eigenvalue weighted by atomic mass is 9.82. The zero-order chi connectivity index (χ0) is 26.0. The highest BCUT2D eigenvalue weighted by Crippen LogP contribution is 2.39. The lowest BCUT2D eigenvalue weighted by Crippen LogP contribution is -2.34. The van der Waals surface area contributed by atoms with E-state index in [-0.39, 0.29) is 17.7 Å². The van der Waals surface area contributed by atoms with Crippen LogP contribution in [-0.4, -0.2) is 29.4 Å². The summed E-state index contributed by atoms with van der Waals surface area (Å²) >= 11 is 1.57. The molecule has 3 aromatic carbocycles. The summed E-state index contributed by atoms with van der Waals surface area (Å²) < 4.78 is 31.8. The molecule has 0 fully saturated rings. The fraction of sp³-hybridized carbons (Fsp3) is 0.107. The van der Waals surface area contributed by atoms with Gasteiger partial charge in [0.1, 0.15) is 29.9 Å². The van der Waals surface area contributed by atoms with Gasteiger partial charge in [0.15, 0.2) is 5.16 Å². The number of aromatic nitrogens is 5. The number of nitrogens with zero attached hydrogens (tertiary/aromatic N) is 5. The molecule has 0 aliphatic rings. The van der Waals surface area contributed by atoms with Crippen LogP contribution in [0.2, 0.25) is 0 Å². The molecule has 1 atom stereocenters. The van der Waals surface area contributed by atoms with Gasteiger partial charge in [0.05, 0.1) is 18.4 Å². The van der Waals surface area contributed by atoms with Crippen molar-refractivity contribution in [3.8, 4) is 11.3 Å². The summed E-state index contributed by atoms with van der Waals surface area (Å²) in [6.07, 6.45) is 4.54. The van der Waals surface area contributed by atoms with E-state index < -0.39 is 17.2 Å². The second kappa shape index (κ2) is 10.1. The van der Waals surface area contributed by atoms with Gasteiger partial charge in [-0.3, -0.25) is 0 Å². The predicted octanol–water partition coefficient (Wildman–Crippen LogP) is 5.71. The monoisotopic (exact) mass is 515 g/mol. The van der Waals surface area contributed by atoms with Crippen LogP contribution in [0.5, 0.6) is 0 Å². The molecular formula is C28H23F2N5OS. The van der Waals surface area contributed by atoms with Crippen molar-refractivity contribution in [1.82, 2.24) is 24.3 Å². The van der Waals surface area contributed by atoms with E-state index in [1.54, 1.807) is 11.8 Å². The van der Waals surface area contributed by atoms with E-state index in [4.69, 9.17) is 0 Å². The number of benzene rings is 3. The third kappa shape index (κ3) is 4.96. The molecule has 0 aliphatic heterocycles. The minimum atomic E-state index is -1.90. The molecule has 0 bridgehead atoms. The smallest absolute Gasteiger partial charge is 0.173 e. The number of halogens is 2. The zero-order valence-electron chi connectivity index (χ0n) is 19.9. The molecule has 1 unspecified atom stereocenters. The number of hydrogen-bond donors (Lipinski definition) is 1. The van der Waals surface area contributed by atoms with Crippen molar-refractivity contribution >= 4 is 17.3 Å². The lowest BCUT2D eigenvalue weighted by molar-refractivity contribution is 0.0726. The predicted molar refractivity (Wildman–Crippen MR) is 139 cm³/mol. The minimum absolute atomic E-state index is 0.104. The van der Waals surface area contributed by atoms with E-state index in [1.807, 2.05) is 72.4 Å². The first-order valence-corrected chi connectivity index (χ1v) is 12.2. The Balaban J connectivity index is 1.45. The second-order valence-corrected chi connectivity index (χ2v) is 9.57. The summed E-state index contributed by atoms with van der Waals surface area (Å²) in [5, 5.41) is 16.6. The number of imidazole rings is 1. The van der Waals surface area contributed by atoms with Crippen molar-refractivity contribution in [3.63, 3.8) is 0 Å². The van der Waals surface area contributed by atoms with Crippen LogP contribution < -0.4 is 0 Å². The van der Waals surface area contributed by atoms with Crippen molar-refractivity contribution in [3.05, 3.63) is 121 Å². The van der Waals surface area contributed by atoms with Crippen LogP contribution in [0.1, 0.15) is 11.1 Å². The van der Waals surface area contributed by atoms with Gasteiger partial charge in [0, 0.05) is 23.6 Å². The van der Waals surface area contributed by atoms with Crippen LogP contribution in [0.4, 0.5) is 8.78 Å². The Bertz CT molecular complexity index is 1540. The molecule has 5 rings (SSSR count). The first-order chi connectivity index (χ1) is 17.8. The highest BCUT2D eigenvalue weighted by atomic mass is 32.2. The Morgan fingerprint density at radius 3 is 2.49 bits per heavy atom. The maximum Gasteiger partial charge on any atom is 0.173 e. The van der Waals surface area contributed by atoms with Gasteiger partial charge in [0.2, 0.25) is 0 Å². The van der Waals surface area contributed by atoms with Crippen LogP contribution >= 0.6 is 11.8 Å². The van der Waals surface area contributed by atoms with Crippen molar-refractivity contribution < 1.29 is 13.9 Å². The zero-order valence-corrected chi connectivity index (χ0v) is 20.7.